The van der Waals surface area contributed by atoms with Gasteiger partial charge in [-0.15, -0.1) is 12.4 Å². The van der Waals surface area contributed by atoms with Crippen molar-refractivity contribution in [3.05, 3.63) is 76.9 Å². The van der Waals surface area contributed by atoms with Crippen LogP contribution in [0.3, 0.4) is 0 Å². The first kappa shape index (κ1) is 20.4. The summed E-state index contributed by atoms with van der Waals surface area (Å²) in [4.78, 5) is 22.9. The Bertz CT molecular complexity index is 1160. The smallest absolute Gasteiger partial charge is 0.330 e. The fourth-order valence-electron chi connectivity index (χ4n) is 2.86. The van der Waals surface area contributed by atoms with Gasteiger partial charge in [-0.1, -0.05) is 12.1 Å². The zero-order chi connectivity index (χ0) is 19.5. The fourth-order valence-corrected chi connectivity index (χ4v) is 2.86. The van der Waals surface area contributed by atoms with Crippen molar-refractivity contribution in [1.29, 1.82) is 0 Å². The van der Waals surface area contributed by atoms with E-state index >= 15 is 0 Å². The molecule has 0 atom stereocenters. The molecule has 0 saturated carbocycles. The van der Waals surface area contributed by atoms with Crippen LogP contribution >= 0.6 is 12.4 Å². The third-order valence-electron chi connectivity index (χ3n) is 4.30. The molecule has 4 rings (SSSR count). The highest BCUT2D eigenvalue weighted by molar-refractivity contribution is 5.85. The van der Waals surface area contributed by atoms with Crippen molar-refractivity contribution in [3.63, 3.8) is 0 Å². The average Bonchev–Trinajstić information content (AvgIpc) is 3.34. The number of hydrogen-bond donors (Lipinski definition) is 2. The minimum Gasteiger partial charge on any atom is -0.423 e. The number of halogens is 1. The molecule has 0 bridgehead atoms. The average molecular weight is 414 g/mol. The summed E-state index contributed by atoms with van der Waals surface area (Å²) in [6.45, 7) is 2.54. The number of H-pyrrole nitrogens is 1. The number of oxazole rings is 1. The van der Waals surface area contributed by atoms with Crippen molar-refractivity contribution in [2.24, 2.45) is 0 Å². The molecule has 2 N–H and O–H groups in total. The fraction of sp³-hybridized carbons (Fsp3) is 0.150. The number of aromatic nitrogens is 4. The molecule has 150 valence electrons. The molecule has 8 nitrogen and oxygen atoms in total. The number of aromatic amines is 1. The molecule has 3 aromatic heterocycles. The van der Waals surface area contributed by atoms with Crippen molar-refractivity contribution in [1.82, 2.24) is 19.5 Å². The molecular formula is C20H20ClN5O3. The zero-order valence-corrected chi connectivity index (χ0v) is 16.7. The highest BCUT2D eigenvalue weighted by Crippen LogP contribution is 2.27. The Hall–Kier alpha value is -3.36. The van der Waals surface area contributed by atoms with Crippen LogP contribution in [0.25, 0.3) is 17.0 Å². The number of rotatable bonds is 6. The van der Waals surface area contributed by atoms with Crippen LogP contribution in [0.15, 0.2) is 64.5 Å². The van der Waals surface area contributed by atoms with Crippen LogP contribution in [-0.4, -0.2) is 26.6 Å². The predicted octanol–water partition coefficient (Wildman–Crippen LogP) is 3.84. The number of nitrogens with one attached hydrogen (secondary N) is 2. The van der Waals surface area contributed by atoms with E-state index in [1.54, 1.807) is 38.1 Å². The normalized spacial score (nSPS) is 10.6. The second-order valence-electron chi connectivity index (χ2n) is 6.30. The molecule has 0 fully saturated rings. The van der Waals surface area contributed by atoms with Crippen LogP contribution in [0.1, 0.15) is 11.1 Å². The lowest BCUT2D eigenvalue weighted by Gasteiger charge is -2.08. The molecule has 0 amide bonds. The Morgan fingerprint density at radius 3 is 2.86 bits per heavy atom. The van der Waals surface area contributed by atoms with E-state index in [1.807, 2.05) is 31.2 Å². The number of imidazole rings is 1. The van der Waals surface area contributed by atoms with Gasteiger partial charge in [0.25, 0.3) is 6.01 Å². The predicted molar refractivity (Wildman–Crippen MR) is 112 cm³/mol. The van der Waals surface area contributed by atoms with Crippen LogP contribution in [0, 0.1) is 6.92 Å². The van der Waals surface area contributed by atoms with Gasteiger partial charge in [-0.3, -0.25) is 9.55 Å². The third kappa shape index (κ3) is 4.39. The summed E-state index contributed by atoms with van der Waals surface area (Å²) in [6, 6.07) is 8.23. The summed E-state index contributed by atoms with van der Waals surface area (Å²) < 4.78 is 12.5. The monoisotopic (exact) mass is 413 g/mol. The van der Waals surface area contributed by atoms with E-state index in [2.05, 4.69) is 20.3 Å². The highest BCUT2D eigenvalue weighted by Gasteiger charge is 2.11. The maximum absolute atomic E-state index is 11.8. The molecular weight excluding hydrogens is 394 g/mol. The van der Waals surface area contributed by atoms with Crippen molar-refractivity contribution >= 4 is 24.1 Å². The second-order valence-corrected chi connectivity index (χ2v) is 6.30. The summed E-state index contributed by atoms with van der Waals surface area (Å²) in [7, 11) is 1.66. The maximum Gasteiger partial charge on any atom is 0.330 e. The van der Waals surface area contributed by atoms with E-state index in [0.717, 1.165) is 22.4 Å². The van der Waals surface area contributed by atoms with Gasteiger partial charge >= 0.3 is 5.69 Å². The lowest BCUT2D eigenvalue weighted by atomic mass is 10.1. The lowest BCUT2D eigenvalue weighted by molar-refractivity contribution is 0.185. The number of ether oxygens (including phenoxy) is 1. The highest BCUT2D eigenvalue weighted by atomic mass is 35.5. The van der Waals surface area contributed by atoms with Crippen LogP contribution in [-0.2, 0) is 11.3 Å². The van der Waals surface area contributed by atoms with E-state index in [-0.39, 0.29) is 18.1 Å². The van der Waals surface area contributed by atoms with Gasteiger partial charge in [-0.25, -0.2) is 9.78 Å². The van der Waals surface area contributed by atoms with Crippen LogP contribution < -0.4 is 11.0 Å². The molecule has 3 heterocycles. The number of hydrogen-bond acceptors (Lipinski definition) is 6. The van der Waals surface area contributed by atoms with Gasteiger partial charge in [0.1, 0.15) is 0 Å². The first-order valence-electron chi connectivity index (χ1n) is 8.67. The van der Waals surface area contributed by atoms with E-state index in [0.29, 0.717) is 24.1 Å². The van der Waals surface area contributed by atoms with E-state index in [9.17, 15) is 4.79 Å². The molecule has 0 spiro atoms. The second kappa shape index (κ2) is 8.76. The number of aryl methyl sites for hydroxylation is 1. The maximum atomic E-state index is 11.8. The largest absolute Gasteiger partial charge is 0.423 e. The quantitative estimate of drug-likeness (QED) is 0.498. The first-order valence-corrected chi connectivity index (χ1v) is 8.67. The Labute approximate surface area is 173 Å². The van der Waals surface area contributed by atoms with Crippen LogP contribution in [0.5, 0.6) is 0 Å². The third-order valence-corrected chi connectivity index (χ3v) is 4.30. The molecule has 29 heavy (non-hydrogen) atoms. The molecule has 0 aliphatic heterocycles. The van der Waals surface area contributed by atoms with Crippen molar-refractivity contribution in [2.45, 2.75) is 13.5 Å². The molecule has 0 saturated heterocycles. The molecule has 0 aliphatic rings. The van der Waals surface area contributed by atoms with Crippen molar-refractivity contribution in [2.75, 3.05) is 12.4 Å². The summed E-state index contributed by atoms with van der Waals surface area (Å²) in [6.07, 6.45) is 8.12. The minimum absolute atomic E-state index is 0. The van der Waals surface area contributed by atoms with Crippen LogP contribution in [0.2, 0.25) is 0 Å². The minimum atomic E-state index is -0.231. The molecule has 9 heteroatoms. The Kier molecular flexibility index (Phi) is 6.16. The summed E-state index contributed by atoms with van der Waals surface area (Å²) in [5.41, 5.74) is 4.14. The van der Waals surface area contributed by atoms with E-state index < -0.39 is 0 Å². The van der Waals surface area contributed by atoms with Gasteiger partial charge in [0, 0.05) is 37.0 Å². The number of nitrogens with zero attached hydrogens (tertiary/aromatic N) is 3. The van der Waals surface area contributed by atoms with E-state index in [1.165, 1.54) is 4.57 Å². The molecule has 0 aliphatic carbocycles. The van der Waals surface area contributed by atoms with Gasteiger partial charge < -0.3 is 19.5 Å². The van der Waals surface area contributed by atoms with Gasteiger partial charge in [0.05, 0.1) is 24.7 Å². The van der Waals surface area contributed by atoms with Crippen molar-refractivity contribution in [3.8, 4) is 17.0 Å². The molecule has 4 aromatic rings. The first-order chi connectivity index (χ1) is 13.6. The van der Waals surface area contributed by atoms with Gasteiger partial charge in [-0.05, 0) is 30.2 Å². The topological polar surface area (TPSA) is 98.0 Å². The zero-order valence-electron chi connectivity index (χ0n) is 15.9. The molecule has 0 unspecified atom stereocenters. The number of anilines is 2. The number of benzene rings is 1. The van der Waals surface area contributed by atoms with Crippen LogP contribution in [0.4, 0.5) is 11.7 Å². The Morgan fingerprint density at radius 2 is 2.10 bits per heavy atom. The van der Waals surface area contributed by atoms with E-state index in [4.69, 9.17) is 9.15 Å². The van der Waals surface area contributed by atoms with Crippen molar-refractivity contribution < 1.29 is 9.15 Å². The number of methoxy groups -OCH3 is 1. The molecule has 0 radical (unpaired) electrons. The SMILES string of the molecule is COCc1ccc(C)c(Nc2ncc(-c3cncc(-n4cc[nH]c4=O)c3)o2)c1.Cl. The summed E-state index contributed by atoms with van der Waals surface area (Å²) in [5.74, 6) is 0.547. The summed E-state index contributed by atoms with van der Waals surface area (Å²) >= 11 is 0. The standard InChI is InChI=1S/C20H19N5O3.ClH/c1-13-3-4-14(12-27-2)7-17(13)24-19-23-11-18(28-19)15-8-16(10-21-9-15)25-6-5-22-20(25)26;/h3-11H,12H2,1-2H3,(H,22,26)(H,23,24);1H. The number of pyridine rings is 1. The Balaban J connectivity index is 0.00000240. The lowest BCUT2D eigenvalue weighted by Crippen LogP contribution is -2.14. The van der Waals surface area contributed by atoms with Gasteiger partial charge in [0.15, 0.2) is 5.76 Å². The van der Waals surface area contributed by atoms with Gasteiger partial charge in [0.2, 0.25) is 0 Å². The molecule has 1 aromatic carbocycles. The summed E-state index contributed by atoms with van der Waals surface area (Å²) in [5, 5.41) is 3.20. The Morgan fingerprint density at radius 1 is 1.24 bits per heavy atom. The van der Waals surface area contributed by atoms with Gasteiger partial charge in [-0.2, -0.15) is 0 Å².